The summed E-state index contributed by atoms with van der Waals surface area (Å²) in [6.07, 6.45) is 10.9. The molecule has 0 aliphatic rings. The van der Waals surface area contributed by atoms with E-state index in [1.54, 1.807) is 0 Å². The summed E-state index contributed by atoms with van der Waals surface area (Å²) < 4.78 is 1.31. The van der Waals surface area contributed by atoms with Gasteiger partial charge in [-0.25, -0.2) is 0 Å². The SMILES string of the molecule is CCCCCC[N+](CCCC)(CCCC)Cc1ccccc1. The molecule has 0 N–H and O–H groups in total. The molecule has 22 heavy (non-hydrogen) atoms. The minimum atomic E-state index is 1.23. The third-order valence-corrected chi connectivity index (χ3v) is 4.82. The van der Waals surface area contributed by atoms with Crippen molar-refractivity contribution in [2.45, 2.75) is 78.7 Å². The summed E-state index contributed by atoms with van der Waals surface area (Å²) in [7, 11) is 0. The summed E-state index contributed by atoms with van der Waals surface area (Å²) >= 11 is 0. The average Bonchev–Trinajstić information content (AvgIpc) is 2.56. The Morgan fingerprint density at radius 2 is 1.18 bits per heavy atom. The zero-order valence-electron chi connectivity index (χ0n) is 15.3. The molecule has 0 radical (unpaired) electrons. The third kappa shape index (κ3) is 7.45. The van der Waals surface area contributed by atoms with Crippen molar-refractivity contribution in [1.82, 2.24) is 0 Å². The fraction of sp³-hybridized carbons (Fsp3) is 0.714. The molecule has 0 saturated heterocycles. The fourth-order valence-electron chi connectivity index (χ4n) is 3.40. The Hall–Kier alpha value is -0.820. The molecule has 0 amide bonds. The molecule has 1 rings (SSSR count). The zero-order chi connectivity index (χ0) is 16.1. The maximum absolute atomic E-state index is 2.33. The highest BCUT2D eigenvalue weighted by Gasteiger charge is 2.26. The minimum absolute atomic E-state index is 1.23. The van der Waals surface area contributed by atoms with E-state index in [1.807, 2.05) is 0 Å². The van der Waals surface area contributed by atoms with Crippen molar-refractivity contribution >= 4 is 0 Å². The molecule has 1 heteroatoms. The van der Waals surface area contributed by atoms with Gasteiger partial charge < -0.3 is 4.48 Å². The van der Waals surface area contributed by atoms with E-state index in [-0.39, 0.29) is 0 Å². The van der Waals surface area contributed by atoms with Crippen LogP contribution in [0.1, 0.15) is 77.7 Å². The van der Waals surface area contributed by atoms with E-state index in [4.69, 9.17) is 0 Å². The molecule has 0 bridgehead atoms. The molecule has 0 saturated carbocycles. The second kappa shape index (κ2) is 11.7. The quantitative estimate of drug-likeness (QED) is 0.301. The van der Waals surface area contributed by atoms with Gasteiger partial charge in [0.15, 0.2) is 0 Å². The van der Waals surface area contributed by atoms with Gasteiger partial charge in [-0.15, -0.1) is 0 Å². The molecule has 1 nitrogen and oxygen atoms in total. The summed E-state index contributed by atoms with van der Waals surface area (Å²) in [4.78, 5) is 0. The highest BCUT2D eigenvalue weighted by molar-refractivity contribution is 5.13. The first kappa shape index (κ1) is 19.2. The van der Waals surface area contributed by atoms with Crippen molar-refractivity contribution in [3.8, 4) is 0 Å². The first-order chi connectivity index (χ1) is 10.8. The van der Waals surface area contributed by atoms with E-state index in [0.717, 1.165) is 0 Å². The van der Waals surface area contributed by atoms with Gasteiger partial charge in [-0.2, -0.15) is 0 Å². The van der Waals surface area contributed by atoms with E-state index in [1.165, 1.54) is 87.6 Å². The molecule has 0 aromatic heterocycles. The van der Waals surface area contributed by atoms with Crippen molar-refractivity contribution in [2.24, 2.45) is 0 Å². The predicted molar refractivity (Wildman–Crippen MR) is 99.0 cm³/mol. The van der Waals surface area contributed by atoms with E-state index < -0.39 is 0 Å². The Morgan fingerprint density at radius 1 is 0.636 bits per heavy atom. The highest BCUT2D eigenvalue weighted by Crippen LogP contribution is 2.20. The second-order valence-corrected chi connectivity index (χ2v) is 6.92. The van der Waals surface area contributed by atoms with Crippen molar-refractivity contribution in [2.75, 3.05) is 19.6 Å². The molecule has 0 spiro atoms. The monoisotopic (exact) mass is 304 g/mol. The van der Waals surface area contributed by atoms with Crippen LogP contribution in [0, 0.1) is 0 Å². The van der Waals surface area contributed by atoms with E-state index in [9.17, 15) is 0 Å². The van der Waals surface area contributed by atoms with Crippen LogP contribution in [0.3, 0.4) is 0 Å². The number of benzene rings is 1. The number of rotatable bonds is 13. The lowest BCUT2D eigenvalue weighted by molar-refractivity contribution is -0.941. The van der Waals surface area contributed by atoms with Crippen LogP contribution in [0.25, 0.3) is 0 Å². The lowest BCUT2D eigenvalue weighted by atomic mass is 10.1. The Bertz CT molecular complexity index is 349. The summed E-state index contributed by atoms with van der Waals surface area (Å²) in [5, 5.41) is 0. The Balaban J connectivity index is 2.76. The van der Waals surface area contributed by atoms with E-state index >= 15 is 0 Å². The summed E-state index contributed by atoms with van der Waals surface area (Å²) in [6.45, 7) is 12.3. The van der Waals surface area contributed by atoms with Crippen molar-refractivity contribution in [3.63, 3.8) is 0 Å². The number of hydrogen-bond acceptors (Lipinski definition) is 0. The van der Waals surface area contributed by atoms with Crippen LogP contribution in [0.2, 0.25) is 0 Å². The standard InChI is InChI=1S/C21H38N/c1-4-7-10-14-19-22(17-8-5-2,18-9-6-3)20-21-15-12-11-13-16-21/h11-13,15-16H,4-10,14,17-20H2,1-3H3/q+1. The summed E-state index contributed by atoms with van der Waals surface area (Å²) in [5.74, 6) is 0. The van der Waals surface area contributed by atoms with Gasteiger partial charge in [0, 0.05) is 5.56 Å². The fourth-order valence-corrected chi connectivity index (χ4v) is 3.40. The van der Waals surface area contributed by atoms with Gasteiger partial charge in [0.05, 0.1) is 19.6 Å². The molecular formula is C21H38N+. The summed E-state index contributed by atoms with van der Waals surface area (Å²) in [5.41, 5.74) is 1.52. The van der Waals surface area contributed by atoms with Gasteiger partial charge in [-0.1, -0.05) is 76.8 Å². The molecule has 0 aliphatic heterocycles. The third-order valence-electron chi connectivity index (χ3n) is 4.82. The van der Waals surface area contributed by atoms with E-state index in [2.05, 4.69) is 51.1 Å². The first-order valence-electron chi connectivity index (χ1n) is 9.65. The lowest BCUT2D eigenvalue weighted by Crippen LogP contribution is -2.49. The van der Waals surface area contributed by atoms with Gasteiger partial charge in [0.1, 0.15) is 6.54 Å². The smallest absolute Gasteiger partial charge is 0.104 e. The Labute approximate surface area is 139 Å². The first-order valence-corrected chi connectivity index (χ1v) is 9.65. The van der Waals surface area contributed by atoms with Gasteiger partial charge >= 0.3 is 0 Å². The van der Waals surface area contributed by atoms with Crippen LogP contribution in [0.4, 0.5) is 0 Å². The van der Waals surface area contributed by atoms with Crippen LogP contribution in [-0.4, -0.2) is 24.1 Å². The molecule has 0 heterocycles. The summed E-state index contributed by atoms with van der Waals surface area (Å²) in [6, 6.07) is 11.2. The van der Waals surface area contributed by atoms with Gasteiger partial charge in [-0.3, -0.25) is 0 Å². The maximum atomic E-state index is 2.33. The van der Waals surface area contributed by atoms with Crippen LogP contribution in [0.15, 0.2) is 30.3 Å². The number of hydrogen-bond donors (Lipinski definition) is 0. The predicted octanol–water partition coefficient (Wildman–Crippen LogP) is 6.18. The van der Waals surface area contributed by atoms with Gasteiger partial charge in [0.2, 0.25) is 0 Å². The zero-order valence-corrected chi connectivity index (χ0v) is 15.3. The van der Waals surface area contributed by atoms with E-state index in [0.29, 0.717) is 0 Å². The van der Waals surface area contributed by atoms with Crippen LogP contribution < -0.4 is 0 Å². The van der Waals surface area contributed by atoms with Crippen LogP contribution in [-0.2, 0) is 6.54 Å². The van der Waals surface area contributed by atoms with Crippen LogP contribution >= 0.6 is 0 Å². The molecule has 0 unspecified atom stereocenters. The Kier molecular flexibility index (Phi) is 10.2. The molecule has 1 aromatic rings. The van der Waals surface area contributed by atoms with Gasteiger partial charge in [0.25, 0.3) is 0 Å². The molecular weight excluding hydrogens is 266 g/mol. The normalized spacial score (nSPS) is 11.8. The largest absolute Gasteiger partial charge is 0.320 e. The maximum Gasteiger partial charge on any atom is 0.104 e. The minimum Gasteiger partial charge on any atom is -0.320 e. The highest BCUT2D eigenvalue weighted by atomic mass is 15.3. The topological polar surface area (TPSA) is 0 Å². The van der Waals surface area contributed by atoms with Crippen molar-refractivity contribution < 1.29 is 4.48 Å². The van der Waals surface area contributed by atoms with Gasteiger partial charge in [-0.05, 0) is 25.7 Å². The average molecular weight is 305 g/mol. The lowest BCUT2D eigenvalue weighted by Gasteiger charge is -2.39. The second-order valence-electron chi connectivity index (χ2n) is 6.92. The molecule has 126 valence electrons. The van der Waals surface area contributed by atoms with Crippen molar-refractivity contribution in [1.29, 1.82) is 0 Å². The van der Waals surface area contributed by atoms with Crippen molar-refractivity contribution in [3.05, 3.63) is 35.9 Å². The molecule has 1 aromatic carbocycles. The molecule has 0 fully saturated rings. The van der Waals surface area contributed by atoms with Crippen LogP contribution in [0.5, 0.6) is 0 Å². The Morgan fingerprint density at radius 3 is 1.73 bits per heavy atom. The molecule has 0 atom stereocenters. The molecule has 0 aliphatic carbocycles. The number of unbranched alkanes of at least 4 members (excludes halogenated alkanes) is 5. The number of nitrogens with zero attached hydrogens (tertiary/aromatic N) is 1. The number of quaternary nitrogens is 1.